The molecule has 0 nitrogen and oxygen atoms in total. The third kappa shape index (κ3) is 3.60. The van der Waals surface area contributed by atoms with Crippen LogP contribution in [0.15, 0.2) is 23.8 Å². The van der Waals surface area contributed by atoms with Crippen molar-refractivity contribution in [2.24, 2.45) is 0 Å². The first kappa shape index (κ1) is 10.5. The molecule has 0 heterocycles. The van der Waals surface area contributed by atoms with E-state index in [2.05, 4.69) is 25.2 Å². The van der Waals surface area contributed by atoms with Crippen molar-refractivity contribution in [2.45, 2.75) is 32.6 Å². The minimum atomic E-state index is 0. The summed E-state index contributed by atoms with van der Waals surface area (Å²) in [5.74, 6) is 0. The quantitative estimate of drug-likeness (QED) is 0.498. The van der Waals surface area contributed by atoms with Crippen molar-refractivity contribution < 1.29 is 31.0 Å². The minimum Gasteiger partial charge on any atom is -1.00 e. The molecule has 0 fully saturated rings. The summed E-state index contributed by atoms with van der Waals surface area (Å²) in [7, 11) is 0. The van der Waals surface area contributed by atoms with Gasteiger partial charge >= 0.3 is 29.6 Å². The molecule has 0 unspecified atom stereocenters. The van der Waals surface area contributed by atoms with Crippen molar-refractivity contribution in [3.63, 3.8) is 0 Å². The first-order valence-corrected chi connectivity index (χ1v) is 3.78. The van der Waals surface area contributed by atoms with Crippen molar-refractivity contribution in [1.82, 2.24) is 0 Å². The zero-order valence-corrected chi connectivity index (χ0v) is 9.06. The molecule has 0 amide bonds. The Morgan fingerprint density at radius 1 is 1.60 bits per heavy atom. The fraction of sp³-hybridized carbons (Fsp3) is 0.556. The third-order valence-electron chi connectivity index (χ3n) is 1.70. The van der Waals surface area contributed by atoms with Gasteiger partial charge in [-0.15, -0.1) is 0 Å². The normalized spacial score (nSPS) is 14.7. The molecule has 0 aromatic rings. The molecule has 52 valence electrons. The van der Waals surface area contributed by atoms with Crippen LogP contribution in [-0.4, -0.2) is 0 Å². The van der Waals surface area contributed by atoms with E-state index in [1.165, 1.54) is 25.7 Å². The number of unbranched alkanes of at least 4 members (excludes halogenated alkanes) is 1. The van der Waals surface area contributed by atoms with Gasteiger partial charge in [0.05, 0.1) is 0 Å². The Morgan fingerprint density at radius 2 is 2.40 bits per heavy atom. The summed E-state index contributed by atoms with van der Waals surface area (Å²) in [6.45, 7) is 2.24. The van der Waals surface area contributed by atoms with Gasteiger partial charge in [0.2, 0.25) is 0 Å². The molecular formula is C9H15Na. The standard InChI is InChI=1S/C9H14.Na.H/c1-2-3-6-9-7-4-5-8-9;;/h4-5,7H,2-3,6,8H2,1H3;;/q;+1;-1. The smallest absolute Gasteiger partial charge is 1.00 e. The van der Waals surface area contributed by atoms with Crippen LogP contribution >= 0.6 is 0 Å². The number of allylic oxidation sites excluding steroid dienone is 4. The predicted octanol–water partition coefficient (Wildman–Crippen LogP) is 0.179. The van der Waals surface area contributed by atoms with Crippen LogP contribution in [-0.2, 0) is 0 Å². The maximum absolute atomic E-state index is 2.25. The second-order valence-electron chi connectivity index (χ2n) is 2.56. The summed E-state index contributed by atoms with van der Waals surface area (Å²) in [5, 5.41) is 0. The van der Waals surface area contributed by atoms with Crippen LogP contribution in [0, 0.1) is 0 Å². The number of hydrogen-bond acceptors (Lipinski definition) is 0. The first-order valence-electron chi connectivity index (χ1n) is 3.78. The molecule has 0 N–H and O–H groups in total. The SMILES string of the molecule is CCCCC1=CC=CC1.[H-].[Na+]. The van der Waals surface area contributed by atoms with E-state index in [4.69, 9.17) is 0 Å². The maximum atomic E-state index is 2.25. The maximum Gasteiger partial charge on any atom is 1.00 e. The van der Waals surface area contributed by atoms with Gasteiger partial charge < -0.3 is 1.43 Å². The Labute approximate surface area is 87.2 Å². The van der Waals surface area contributed by atoms with Gasteiger partial charge in [0.1, 0.15) is 0 Å². The van der Waals surface area contributed by atoms with Gasteiger partial charge in [-0.1, -0.05) is 37.1 Å². The van der Waals surface area contributed by atoms with E-state index in [-0.39, 0.29) is 31.0 Å². The molecule has 0 aromatic carbocycles. The molecule has 0 bridgehead atoms. The van der Waals surface area contributed by atoms with Gasteiger partial charge in [-0.25, -0.2) is 0 Å². The molecule has 0 spiro atoms. The van der Waals surface area contributed by atoms with E-state index >= 15 is 0 Å². The van der Waals surface area contributed by atoms with E-state index in [1.54, 1.807) is 5.57 Å². The van der Waals surface area contributed by atoms with Crippen molar-refractivity contribution in [2.75, 3.05) is 0 Å². The van der Waals surface area contributed by atoms with E-state index in [9.17, 15) is 0 Å². The average molecular weight is 146 g/mol. The van der Waals surface area contributed by atoms with Gasteiger partial charge in [-0.05, 0) is 19.3 Å². The van der Waals surface area contributed by atoms with Gasteiger partial charge in [0.25, 0.3) is 0 Å². The molecule has 10 heavy (non-hydrogen) atoms. The van der Waals surface area contributed by atoms with Crippen molar-refractivity contribution >= 4 is 0 Å². The van der Waals surface area contributed by atoms with Crippen LogP contribution in [0.3, 0.4) is 0 Å². The molecular weight excluding hydrogens is 131 g/mol. The topological polar surface area (TPSA) is 0 Å². The summed E-state index contributed by atoms with van der Waals surface area (Å²) in [6.07, 6.45) is 11.8. The average Bonchev–Trinajstić information content (AvgIpc) is 2.34. The van der Waals surface area contributed by atoms with Crippen LogP contribution < -0.4 is 29.6 Å². The molecule has 0 radical (unpaired) electrons. The molecule has 0 aromatic heterocycles. The van der Waals surface area contributed by atoms with E-state index < -0.39 is 0 Å². The Morgan fingerprint density at radius 3 is 2.90 bits per heavy atom. The molecule has 1 heteroatoms. The van der Waals surface area contributed by atoms with Gasteiger partial charge in [0.15, 0.2) is 0 Å². The molecule has 0 aliphatic heterocycles. The van der Waals surface area contributed by atoms with Crippen LogP contribution in [0.4, 0.5) is 0 Å². The van der Waals surface area contributed by atoms with E-state index in [1.807, 2.05) is 0 Å². The van der Waals surface area contributed by atoms with Crippen molar-refractivity contribution in [3.05, 3.63) is 23.8 Å². The van der Waals surface area contributed by atoms with Crippen LogP contribution in [0.2, 0.25) is 0 Å². The summed E-state index contributed by atoms with van der Waals surface area (Å²) >= 11 is 0. The summed E-state index contributed by atoms with van der Waals surface area (Å²) in [4.78, 5) is 0. The van der Waals surface area contributed by atoms with Gasteiger partial charge in [-0.2, -0.15) is 0 Å². The van der Waals surface area contributed by atoms with E-state index in [0.29, 0.717) is 0 Å². The number of hydrogen-bond donors (Lipinski definition) is 0. The zero-order chi connectivity index (χ0) is 6.53. The second kappa shape index (κ2) is 6.21. The molecule has 0 atom stereocenters. The number of rotatable bonds is 3. The van der Waals surface area contributed by atoms with Crippen molar-refractivity contribution in [3.8, 4) is 0 Å². The zero-order valence-electron chi connectivity index (χ0n) is 8.06. The van der Waals surface area contributed by atoms with Crippen molar-refractivity contribution in [1.29, 1.82) is 0 Å². The first-order chi connectivity index (χ1) is 4.43. The fourth-order valence-corrected chi connectivity index (χ4v) is 1.08. The summed E-state index contributed by atoms with van der Waals surface area (Å²) < 4.78 is 0. The summed E-state index contributed by atoms with van der Waals surface area (Å²) in [6, 6.07) is 0. The minimum absolute atomic E-state index is 0. The van der Waals surface area contributed by atoms with Crippen LogP contribution in [0.25, 0.3) is 0 Å². The molecule has 1 rings (SSSR count). The molecule has 0 saturated carbocycles. The Kier molecular flexibility index (Phi) is 6.50. The Balaban J connectivity index is 0. The predicted molar refractivity (Wildman–Crippen MR) is 42.5 cm³/mol. The van der Waals surface area contributed by atoms with Gasteiger partial charge in [0, 0.05) is 0 Å². The van der Waals surface area contributed by atoms with Crippen LogP contribution in [0.1, 0.15) is 34.0 Å². The Bertz CT molecular complexity index is 138. The summed E-state index contributed by atoms with van der Waals surface area (Å²) in [5.41, 5.74) is 1.61. The van der Waals surface area contributed by atoms with Gasteiger partial charge in [-0.3, -0.25) is 0 Å². The van der Waals surface area contributed by atoms with Crippen LogP contribution in [0.5, 0.6) is 0 Å². The Hall–Kier alpha value is 0.480. The molecule has 0 saturated heterocycles. The van der Waals surface area contributed by atoms with E-state index in [0.717, 1.165) is 0 Å². The molecule has 1 aliphatic carbocycles. The largest absolute Gasteiger partial charge is 1.00 e. The fourth-order valence-electron chi connectivity index (χ4n) is 1.08. The monoisotopic (exact) mass is 146 g/mol. The third-order valence-corrected chi connectivity index (χ3v) is 1.70. The molecule has 1 aliphatic rings. The second-order valence-corrected chi connectivity index (χ2v) is 2.56.